The first-order valence-corrected chi connectivity index (χ1v) is 8.45. The van der Waals surface area contributed by atoms with E-state index in [-0.39, 0.29) is 29.6 Å². The maximum Gasteiger partial charge on any atom is 0.291 e. The molecular weight excluding hydrogens is 322 g/mol. The first kappa shape index (κ1) is 17.1. The van der Waals surface area contributed by atoms with Crippen molar-refractivity contribution in [3.05, 3.63) is 30.4 Å². The van der Waals surface area contributed by atoms with E-state index in [0.717, 1.165) is 5.82 Å². The number of H-pyrrole nitrogens is 1. The fraction of sp³-hybridized carbons (Fsp3) is 0.562. The van der Waals surface area contributed by atoms with Crippen LogP contribution in [-0.4, -0.2) is 72.5 Å². The molecule has 3 rings (SSSR count). The lowest BCUT2D eigenvalue weighted by Gasteiger charge is -2.36. The van der Waals surface area contributed by atoms with Crippen LogP contribution in [0.5, 0.6) is 0 Å². The number of rotatable bonds is 4. The normalized spacial score (nSPS) is 16.3. The van der Waals surface area contributed by atoms with E-state index in [2.05, 4.69) is 34.0 Å². The summed E-state index contributed by atoms with van der Waals surface area (Å²) in [6.07, 6.45) is 4.89. The monoisotopic (exact) mass is 345 g/mol. The van der Waals surface area contributed by atoms with Gasteiger partial charge in [-0.1, -0.05) is 13.8 Å². The van der Waals surface area contributed by atoms with Gasteiger partial charge in [0.25, 0.3) is 5.91 Å². The Labute approximate surface area is 146 Å². The first-order valence-electron chi connectivity index (χ1n) is 8.45. The lowest BCUT2D eigenvalue weighted by Crippen LogP contribution is -2.52. The molecule has 0 saturated carbocycles. The third-order valence-corrected chi connectivity index (χ3v) is 4.49. The molecule has 0 radical (unpaired) electrons. The molecular formula is C16H23N7O2. The largest absolute Gasteiger partial charge is 0.337 e. The van der Waals surface area contributed by atoms with Crippen LogP contribution in [0.2, 0.25) is 0 Å². The molecule has 0 unspecified atom stereocenters. The van der Waals surface area contributed by atoms with Crippen molar-refractivity contribution in [3.8, 4) is 0 Å². The molecule has 3 heterocycles. The number of nitrogens with one attached hydrogen (secondary N) is 1. The van der Waals surface area contributed by atoms with Gasteiger partial charge in [-0.05, 0) is 6.92 Å². The number of hydrogen-bond donors (Lipinski definition) is 1. The van der Waals surface area contributed by atoms with Gasteiger partial charge in [0.1, 0.15) is 18.2 Å². The number of hydrogen-bond acceptors (Lipinski definition) is 5. The lowest BCUT2D eigenvalue weighted by atomic mass is 10.2. The Hall–Kier alpha value is -2.71. The summed E-state index contributed by atoms with van der Waals surface area (Å²) in [7, 11) is 0. The quantitative estimate of drug-likeness (QED) is 0.878. The van der Waals surface area contributed by atoms with E-state index in [0.29, 0.717) is 26.2 Å². The Bertz CT molecular complexity index is 730. The minimum atomic E-state index is -0.309. The standard InChI is InChI=1S/C16H23N7O2/c1-11(2)14-17-4-5-23(14)12(3)15(24)21-6-8-22(9-7-21)16(25)13-18-10-19-20-13/h4-5,10-12H,6-9H2,1-3H3,(H,18,19,20)/t12-/m0/s1. The third kappa shape index (κ3) is 3.40. The van der Waals surface area contributed by atoms with Crippen molar-refractivity contribution in [1.82, 2.24) is 34.5 Å². The predicted octanol–water partition coefficient (Wildman–Crippen LogP) is 0.670. The zero-order valence-corrected chi connectivity index (χ0v) is 14.7. The van der Waals surface area contributed by atoms with Crippen LogP contribution in [0.4, 0.5) is 0 Å². The summed E-state index contributed by atoms with van der Waals surface area (Å²) in [6, 6.07) is -0.309. The second-order valence-electron chi connectivity index (χ2n) is 6.47. The highest BCUT2D eigenvalue weighted by Gasteiger charge is 2.29. The van der Waals surface area contributed by atoms with Gasteiger partial charge in [-0.3, -0.25) is 14.7 Å². The van der Waals surface area contributed by atoms with Crippen molar-refractivity contribution in [2.24, 2.45) is 0 Å². The highest BCUT2D eigenvalue weighted by atomic mass is 16.2. The minimum Gasteiger partial charge on any atom is -0.337 e. The van der Waals surface area contributed by atoms with Crippen LogP contribution in [0.3, 0.4) is 0 Å². The van der Waals surface area contributed by atoms with Crippen molar-refractivity contribution in [2.75, 3.05) is 26.2 Å². The first-order chi connectivity index (χ1) is 12.0. The highest BCUT2D eigenvalue weighted by Crippen LogP contribution is 2.19. The number of piperazine rings is 1. The average molecular weight is 345 g/mol. The van der Waals surface area contributed by atoms with E-state index < -0.39 is 0 Å². The molecule has 9 heteroatoms. The fourth-order valence-electron chi connectivity index (χ4n) is 3.07. The van der Waals surface area contributed by atoms with Crippen LogP contribution in [-0.2, 0) is 4.79 Å². The van der Waals surface area contributed by atoms with Gasteiger partial charge in [0.05, 0.1) is 0 Å². The van der Waals surface area contributed by atoms with Crippen LogP contribution in [0.15, 0.2) is 18.7 Å². The Balaban J connectivity index is 1.61. The number of nitrogens with zero attached hydrogens (tertiary/aromatic N) is 6. The Kier molecular flexibility index (Phi) is 4.82. The maximum atomic E-state index is 12.8. The molecule has 2 amide bonds. The summed E-state index contributed by atoms with van der Waals surface area (Å²) in [6.45, 7) is 8.00. The van der Waals surface area contributed by atoms with Crippen molar-refractivity contribution in [2.45, 2.75) is 32.7 Å². The Morgan fingerprint density at radius 3 is 2.36 bits per heavy atom. The van der Waals surface area contributed by atoms with E-state index in [1.54, 1.807) is 16.0 Å². The zero-order chi connectivity index (χ0) is 18.0. The molecule has 1 fully saturated rings. The molecule has 25 heavy (non-hydrogen) atoms. The summed E-state index contributed by atoms with van der Waals surface area (Å²) in [5, 5.41) is 6.28. The predicted molar refractivity (Wildman–Crippen MR) is 89.9 cm³/mol. The summed E-state index contributed by atoms with van der Waals surface area (Å²) in [5.74, 6) is 1.25. The number of carbonyl (C=O) groups excluding carboxylic acids is 2. The summed E-state index contributed by atoms with van der Waals surface area (Å²) < 4.78 is 1.93. The van der Waals surface area contributed by atoms with Crippen LogP contribution < -0.4 is 0 Å². The van der Waals surface area contributed by atoms with Gasteiger partial charge in [-0.2, -0.15) is 5.10 Å². The van der Waals surface area contributed by atoms with E-state index in [9.17, 15) is 9.59 Å². The van der Waals surface area contributed by atoms with Gasteiger partial charge < -0.3 is 14.4 Å². The molecule has 0 aromatic carbocycles. The van der Waals surface area contributed by atoms with Crippen LogP contribution in [0.1, 0.15) is 49.2 Å². The summed E-state index contributed by atoms with van der Waals surface area (Å²) in [5.41, 5.74) is 0. The molecule has 1 atom stereocenters. The fourth-order valence-corrected chi connectivity index (χ4v) is 3.07. The molecule has 2 aromatic heterocycles. The molecule has 1 aliphatic heterocycles. The van der Waals surface area contributed by atoms with Crippen LogP contribution in [0.25, 0.3) is 0 Å². The van der Waals surface area contributed by atoms with E-state index in [1.807, 2.05) is 17.7 Å². The van der Waals surface area contributed by atoms with Gasteiger partial charge in [0.2, 0.25) is 11.7 Å². The molecule has 0 bridgehead atoms. The van der Waals surface area contributed by atoms with Crippen molar-refractivity contribution >= 4 is 11.8 Å². The zero-order valence-electron chi connectivity index (χ0n) is 14.7. The number of amides is 2. The molecule has 9 nitrogen and oxygen atoms in total. The van der Waals surface area contributed by atoms with Gasteiger partial charge in [-0.25, -0.2) is 9.97 Å². The molecule has 134 valence electrons. The smallest absolute Gasteiger partial charge is 0.291 e. The Morgan fingerprint density at radius 2 is 1.76 bits per heavy atom. The van der Waals surface area contributed by atoms with E-state index >= 15 is 0 Å². The van der Waals surface area contributed by atoms with Crippen LogP contribution >= 0.6 is 0 Å². The molecule has 1 aliphatic rings. The van der Waals surface area contributed by atoms with E-state index in [1.165, 1.54) is 6.33 Å². The molecule has 0 spiro atoms. The van der Waals surface area contributed by atoms with Gasteiger partial charge in [0, 0.05) is 44.5 Å². The van der Waals surface area contributed by atoms with Gasteiger partial charge >= 0.3 is 0 Å². The van der Waals surface area contributed by atoms with E-state index in [4.69, 9.17) is 0 Å². The molecule has 2 aromatic rings. The number of aromatic nitrogens is 5. The lowest BCUT2D eigenvalue weighted by molar-refractivity contribution is -0.135. The summed E-state index contributed by atoms with van der Waals surface area (Å²) >= 11 is 0. The maximum absolute atomic E-state index is 12.8. The topological polar surface area (TPSA) is 100 Å². The highest BCUT2D eigenvalue weighted by molar-refractivity contribution is 5.90. The third-order valence-electron chi connectivity index (χ3n) is 4.49. The summed E-state index contributed by atoms with van der Waals surface area (Å²) in [4.78, 5) is 36.8. The SMILES string of the molecule is CC(C)c1nccn1[C@@H](C)C(=O)N1CCN(C(=O)c2ncn[nH]2)CC1. The number of carbonyl (C=O) groups is 2. The molecule has 0 aliphatic carbocycles. The van der Waals surface area contributed by atoms with Gasteiger partial charge in [0.15, 0.2) is 0 Å². The second-order valence-corrected chi connectivity index (χ2v) is 6.47. The minimum absolute atomic E-state index is 0.0478. The van der Waals surface area contributed by atoms with Crippen molar-refractivity contribution < 1.29 is 9.59 Å². The van der Waals surface area contributed by atoms with Crippen LogP contribution in [0, 0.1) is 0 Å². The Morgan fingerprint density at radius 1 is 1.08 bits per heavy atom. The molecule has 1 N–H and O–H groups in total. The number of imidazole rings is 1. The average Bonchev–Trinajstić information content (AvgIpc) is 3.31. The second kappa shape index (κ2) is 7.04. The van der Waals surface area contributed by atoms with Crippen molar-refractivity contribution in [3.63, 3.8) is 0 Å². The van der Waals surface area contributed by atoms with Crippen molar-refractivity contribution in [1.29, 1.82) is 0 Å². The molecule has 1 saturated heterocycles. The number of aromatic amines is 1. The van der Waals surface area contributed by atoms with Gasteiger partial charge in [-0.15, -0.1) is 0 Å².